The average molecular weight is 276 g/mol. The average Bonchev–Trinajstić information content (AvgIpc) is 2.23. The lowest BCUT2D eigenvalue weighted by Crippen LogP contribution is -2.58. The number of hydrogen-bond donors (Lipinski definition) is 0. The van der Waals surface area contributed by atoms with Gasteiger partial charge in [-0.15, -0.1) is 0 Å². The minimum atomic E-state index is -0.163. The highest BCUT2D eigenvalue weighted by Gasteiger charge is 2.46. The Morgan fingerprint density at radius 3 is 2.17 bits per heavy atom. The Morgan fingerprint density at radius 1 is 1.33 bits per heavy atom. The van der Waals surface area contributed by atoms with E-state index < -0.39 is 0 Å². The van der Waals surface area contributed by atoms with E-state index in [1.54, 1.807) is 0 Å². The lowest BCUT2D eigenvalue weighted by atomic mass is 9.81. The standard InChI is InChI=1S/C14H26ClNO2/c1-7-10(2)12(17)18-11-8-13(3,4)16(15)14(5,6)9-11/h10-11H,7-9H2,1-6H3. The van der Waals surface area contributed by atoms with Crippen molar-refractivity contribution in [3.8, 4) is 0 Å². The Labute approximate surface area is 116 Å². The van der Waals surface area contributed by atoms with Crippen LogP contribution in [-0.2, 0) is 9.53 Å². The summed E-state index contributed by atoms with van der Waals surface area (Å²) < 4.78 is 7.51. The van der Waals surface area contributed by atoms with Crippen LogP contribution < -0.4 is 0 Å². The Balaban J connectivity index is 2.72. The Morgan fingerprint density at radius 2 is 1.78 bits per heavy atom. The zero-order valence-electron chi connectivity index (χ0n) is 12.4. The number of piperidine rings is 1. The number of carbonyl (C=O) groups is 1. The van der Waals surface area contributed by atoms with Gasteiger partial charge in [-0.05, 0) is 45.9 Å². The molecule has 0 aromatic carbocycles. The van der Waals surface area contributed by atoms with Crippen LogP contribution in [0, 0.1) is 5.92 Å². The maximum Gasteiger partial charge on any atom is 0.308 e. The maximum atomic E-state index is 11.9. The van der Waals surface area contributed by atoms with Crippen molar-refractivity contribution in [3.63, 3.8) is 0 Å². The Hall–Kier alpha value is -0.280. The second-order valence-corrected chi connectivity index (χ2v) is 7.02. The summed E-state index contributed by atoms with van der Waals surface area (Å²) >= 11 is 6.38. The van der Waals surface area contributed by atoms with Crippen molar-refractivity contribution in [2.24, 2.45) is 5.92 Å². The maximum absolute atomic E-state index is 11.9. The SMILES string of the molecule is CCC(C)C(=O)OC1CC(C)(C)N(Cl)C(C)(C)C1. The minimum absolute atomic E-state index is 0.0229. The summed E-state index contributed by atoms with van der Waals surface area (Å²) in [4.78, 5) is 11.9. The quantitative estimate of drug-likeness (QED) is 0.580. The molecule has 0 bridgehead atoms. The van der Waals surface area contributed by atoms with Gasteiger partial charge in [0.05, 0.1) is 5.92 Å². The van der Waals surface area contributed by atoms with Crippen LogP contribution in [0.3, 0.4) is 0 Å². The van der Waals surface area contributed by atoms with Crippen molar-refractivity contribution in [2.75, 3.05) is 0 Å². The summed E-state index contributed by atoms with van der Waals surface area (Å²) in [6.07, 6.45) is 2.34. The van der Waals surface area contributed by atoms with Crippen LogP contribution in [0.1, 0.15) is 60.8 Å². The number of hydrogen-bond acceptors (Lipinski definition) is 3. The monoisotopic (exact) mass is 275 g/mol. The van der Waals surface area contributed by atoms with Gasteiger partial charge in [-0.3, -0.25) is 4.79 Å². The van der Waals surface area contributed by atoms with E-state index in [2.05, 4.69) is 27.7 Å². The topological polar surface area (TPSA) is 29.5 Å². The number of carbonyl (C=O) groups excluding carboxylic acids is 1. The number of esters is 1. The number of rotatable bonds is 3. The first-order chi connectivity index (χ1) is 8.10. The molecule has 106 valence electrons. The predicted octanol–water partition coefficient (Wildman–Crippen LogP) is 3.75. The first-order valence-electron chi connectivity index (χ1n) is 6.77. The fourth-order valence-corrected chi connectivity index (χ4v) is 2.83. The van der Waals surface area contributed by atoms with Crippen molar-refractivity contribution in [2.45, 2.75) is 78.0 Å². The Kier molecular flexibility index (Phi) is 4.71. The summed E-state index contributed by atoms with van der Waals surface area (Å²) in [6.45, 7) is 12.3. The molecule has 0 amide bonds. The van der Waals surface area contributed by atoms with Crippen LogP contribution in [0.4, 0.5) is 0 Å². The zero-order valence-corrected chi connectivity index (χ0v) is 13.2. The normalized spacial score (nSPS) is 25.7. The third kappa shape index (κ3) is 3.39. The lowest BCUT2D eigenvalue weighted by molar-refractivity contribution is -0.160. The fourth-order valence-electron chi connectivity index (χ4n) is 2.70. The summed E-state index contributed by atoms with van der Waals surface area (Å²) in [7, 11) is 0. The molecule has 1 aliphatic heterocycles. The van der Waals surface area contributed by atoms with Gasteiger partial charge in [0.1, 0.15) is 6.10 Å². The molecule has 18 heavy (non-hydrogen) atoms. The van der Waals surface area contributed by atoms with Crippen molar-refractivity contribution < 1.29 is 9.53 Å². The molecule has 1 atom stereocenters. The van der Waals surface area contributed by atoms with Crippen LogP contribution in [-0.4, -0.2) is 27.6 Å². The highest BCUT2D eigenvalue weighted by molar-refractivity contribution is 6.14. The summed E-state index contributed by atoms with van der Waals surface area (Å²) in [5, 5.41) is 0. The molecule has 3 nitrogen and oxygen atoms in total. The molecule has 0 aliphatic carbocycles. The van der Waals surface area contributed by atoms with E-state index in [4.69, 9.17) is 16.5 Å². The largest absolute Gasteiger partial charge is 0.462 e. The van der Waals surface area contributed by atoms with E-state index in [-0.39, 0.29) is 29.1 Å². The van der Waals surface area contributed by atoms with Crippen LogP contribution in [0.15, 0.2) is 0 Å². The summed E-state index contributed by atoms with van der Waals surface area (Å²) in [5.74, 6) is -0.109. The molecule has 0 N–H and O–H groups in total. The first kappa shape index (κ1) is 15.8. The molecule has 1 fully saturated rings. The van der Waals surface area contributed by atoms with Crippen LogP contribution in [0.2, 0.25) is 0 Å². The minimum Gasteiger partial charge on any atom is -0.462 e. The second-order valence-electron chi connectivity index (χ2n) is 6.68. The van der Waals surface area contributed by atoms with Crippen LogP contribution in [0.25, 0.3) is 0 Å². The van der Waals surface area contributed by atoms with Gasteiger partial charge in [-0.2, -0.15) is 0 Å². The highest BCUT2D eigenvalue weighted by atomic mass is 35.5. The van der Waals surface area contributed by atoms with E-state index in [9.17, 15) is 4.79 Å². The number of halogens is 1. The highest BCUT2D eigenvalue weighted by Crippen LogP contribution is 2.41. The van der Waals surface area contributed by atoms with E-state index in [0.717, 1.165) is 19.3 Å². The molecule has 0 spiro atoms. The molecule has 0 radical (unpaired) electrons. The molecule has 4 heteroatoms. The molecule has 0 aromatic heterocycles. The third-order valence-corrected chi connectivity index (χ3v) is 4.73. The van der Waals surface area contributed by atoms with Crippen LogP contribution in [0.5, 0.6) is 0 Å². The summed E-state index contributed by atoms with van der Waals surface area (Å²) in [6, 6.07) is 0. The van der Waals surface area contributed by atoms with Gasteiger partial charge in [0, 0.05) is 23.9 Å². The van der Waals surface area contributed by atoms with Crippen LogP contribution >= 0.6 is 11.8 Å². The van der Waals surface area contributed by atoms with Gasteiger partial charge in [0.15, 0.2) is 0 Å². The summed E-state index contributed by atoms with van der Waals surface area (Å²) in [5.41, 5.74) is -0.326. The van der Waals surface area contributed by atoms with Gasteiger partial charge in [0.25, 0.3) is 0 Å². The van der Waals surface area contributed by atoms with E-state index in [1.807, 2.05) is 18.3 Å². The Bertz CT molecular complexity index is 297. The van der Waals surface area contributed by atoms with E-state index >= 15 is 0 Å². The molecule has 0 aromatic rings. The number of ether oxygens (including phenoxy) is 1. The van der Waals surface area contributed by atoms with Gasteiger partial charge >= 0.3 is 5.97 Å². The molecular weight excluding hydrogens is 250 g/mol. The van der Waals surface area contributed by atoms with Crippen molar-refractivity contribution >= 4 is 17.7 Å². The smallest absolute Gasteiger partial charge is 0.308 e. The third-order valence-electron chi connectivity index (χ3n) is 3.81. The molecule has 0 saturated carbocycles. The van der Waals surface area contributed by atoms with Crippen molar-refractivity contribution in [1.29, 1.82) is 0 Å². The molecule has 1 heterocycles. The first-order valence-corrected chi connectivity index (χ1v) is 7.10. The van der Waals surface area contributed by atoms with E-state index in [0.29, 0.717) is 0 Å². The molecule has 1 rings (SSSR count). The fraction of sp³-hybridized carbons (Fsp3) is 0.929. The van der Waals surface area contributed by atoms with Gasteiger partial charge in [-0.25, -0.2) is 4.42 Å². The number of nitrogens with zero attached hydrogens (tertiary/aromatic N) is 1. The second kappa shape index (κ2) is 5.38. The zero-order chi connectivity index (χ0) is 14.1. The predicted molar refractivity (Wildman–Crippen MR) is 74.4 cm³/mol. The molecule has 1 aliphatic rings. The van der Waals surface area contributed by atoms with Crippen molar-refractivity contribution in [1.82, 2.24) is 4.42 Å². The van der Waals surface area contributed by atoms with Crippen molar-refractivity contribution in [3.05, 3.63) is 0 Å². The lowest BCUT2D eigenvalue weighted by Gasteiger charge is -2.50. The van der Waals surface area contributed by atoms with Gasteiger partial charge in [0.2, 0.25) is 0 Å². The van der Waals surface area contributed by atoms with Gasteiger partial charge in [-0.1, -0.05) is 13.8 Å². The molecule has 1 saturated heterocycles. The molecule has 1 unspecified atom stereocenters. The molecular formula is C14H26ClNO2. The van der Waals surface area contributed by atoms with E-state index in [1.165, 1.54) is 0 Å². The van der Waals surface area contributed by atoms with Gasteiger partial charge < -0.3 is 4.74 Å².